The lowest BCUT2D eigenvalue weighted by Gasteiger charge is -2.32. The molecule has 3 N–H and O–H groups in total. The Balaban J connectivity index is 2.13. The lowest BCUT2D eigenvalue weighted by molar-refractivity contribution is -0.122. The number of rotatable bonds is 7. The molecule has 0 bridgehead atoms. The third-order valence-corrected chi connectivity index (χ3v) is 3.32. The normalized spacial score (nSPS) is 19.6. The van der Waals surface area contributed by atoms with Crippen molar-refractivity contribution in [3.63, 3.8) is 0 Å². The molecule has 1 atom stereocenters. The summed E-state index contributed by atoms with van der Waals surface area (Å²) >= 11 is 0. The fourth-order valence-electron chi connectivity index (χ4n) is 2.30. The predicted molar refractivity (Wildman–Crippen MR) is 77.0 cm³/mol. The van der Waals surface area contributed by atoms with Gasteiger partial charge in [0.2, 0.25) is 5.91 Å². The molecule has 1 heterocycles. The van der Waals surface area contributed by atoms with Crippen molar-refractivity contribution in [1.29, 1.82) is 0 Å². The first kappa shape index (κ1) is 16.4. The molecule has 1 fully saturated rings. The molecule has 0 aromatic rings. The maximum atomic E-state index is 11.6. The van der Waals surface area contributed by atoms with Crippen LogP contribution in [0.15, 0.2) is 0 Å². The molecule has 1 rings (SSSR count). The van der Waals surface area contributed by atoms with E-state index in [1.165, 1.54) is 0 Å². The molecule has 1 aliphatic rings. The monoisotopic (exact) mass is 271 g/mol. The third kappa shape index (κ3) is 7.50. The molecule has 1 saturated heterocycles. The number of nitrogens with zero attached hydrogens (tertiary/aromatic N) is 1. The Hall–Kier alpha value is -0.650. The van der Waals surface area contributed by atoms with E-state index in [1.54, 1.807) is 0 Å². The molecule has 5 heteroatoms. The van der Waals surface area contributed by atoms with Crippen molar-refractivity contribution in [2.75, 3.05) is 26.2 Å². The minimum absolute atomic E-state index is 0.0618. The zero-order valence-corrected chi connectivity index (χ0v) is 12.5. The number of nitrogens with one attached hydrogen (secondary N) is 1. The maximum absolute atomic E-state index is 11.6. The Morgan fingerprint density at radius 3 is 2.53 bits per heavy atom. The summed E-state index contributed by atoms with van der Waals surface area (Å²) in [6, 6.07) is 0.252. The van der Waals surface area contributed by atoms with Gasteiger partial charge in [-0.2, -0.15) is 0 Å². The van der Waals surface area contributed by atoms with Crippen LogP contribution in [0.4, 0.5) is 0 Å². The van der Waals surface area contributed by atoms with E-state index in [4.69, 9.17) is 10.5 Å². The molecule has 0 aromatic carbocycles. The summed E-state index contributed by atoms with van der Waals surface area (Å²) in [5.41, 5.74) is 5.62. The molecule has 0 saturated carbocycles. The quantitative estimate of drug-likeness (QED) is 0.716. The van der Waals surface area contributed by atoms with E-state index in [1.807, 2.05) is 6.92 Å². The van der Waals surface area contributed by atoms with Crippen LogP contribution in [0.2, 0.25) is 0 Å². The molecule has 0 radical (unpaired) electrons. The molecule has 1 aliphatic heterocycles. The molecular formula is C14H29N3O2. The standard InChI is InChI=1S/C14H29N3O2/c1-11(2)19-9-8-17-6-4-13(5-7-17)16-14(18)10-12(3)15/h11-13H,4-10,15H2,1-3H3,(H,16,18). The van der Waals surface area contributed by atoms with Crippen LogP contribution in [-0.2, 0) is 9.53 Å². The van der Waals surface area contributed by atoms with Crippen LogP contribution < -0.4 is 11.1 Å². The molecule has 0 aliphatic carbocycles. The summed E-state index contributed by atoms with van der Waals surface area (Å²) in [5.74, 6) is 0.0802. The van der Waals surface area contributed by atoms with Crippen LogP contribution in [0.3, 0.4) is 0 Å². The average molecular weight is 271 g/mol. The van der Waals surface area contributed by atoms with Gasteiger partial charge in [-0.3, -0.25) is 4.79 Å². The van der Waals surface area contributed by atoms with Crippen molar-refractivity contribution in [3.8, 4) is 0 Å². The van der Waals surface area contributed by atoms with Gasteiger partial charge in [0.15, 0.2) is 0 Å². The summed E-state index contributed by atoms with van der Waals surface area (Å²) in [7, 11) is 0. The van der Waals surface area contributed by atoms with E-state index in [9.17, 15) is 4.79 Å². The van der Waals surface area contributed by atoms with Gasteiger partial charge in [-0.15, -0.1) is 0 Å². The van der Waals surface area contributed by atoms with Crippen molar-refractivity contribution in [2.24, 2.45) is 5.73 Å². The number of hydrogen-bond acceptors (Lipinski definition) is 4. The molecule has 112 valence electrons. The van der Waals surface area contributed by atoms with E-state index in [-0.39, 0.29) is 11.9 Å². The minimum atomic E-state index is -0.0618. The summed E-state index contributed by atoms with van der Waals surface area (Å²) in [6.45, 7) is 9.81. The fraction of sp³-hybridized carbons (Fsp3) is 0.929. The van der Waals surface area contributed by atoms with E-state index in [0.29, 0.717) is 18.6 Å². The lowest BCUT2D eigenvalue weighted by Crippen LogP contribution is -2.46. The third-order valence-electron chi connectivity index (χ3n) is 3.32. The van der Waals surface area contributed by atoms with Crippen LogP contribution in [0.1, 0.15) is 40.0 Å². The number of piperidine rings is 1. The summed E-state index contributed by atoms with van der Waals surface area (Å²) < 4.78 is 5.55. The molecule has 19 heavy (non-hydrogen) atoms. The first-order valence-corrected chi connectivity index (χ1v) is 7.36. The maximum Gasteiger partial charge on any atom is 0.221 e. The van der Waals surface area contributed by atoms with Gasteiger partial charge in [0.05, 0.1) is 12.7 Å². The van der Waals surface area contributed by atoms with Crippen molar-refractivity contribution < 1.29 is 9.53 Å². The summed E-state index contributed by atoms with van der Waals surface area (Å²) in [5, 5.41) is 3.07. The molecule has 1 amide bonds. The van der Waals surface area contributed by atoms with Crippen LogP contribution in [0, 0.1) is 0 Å². The van der Waals surface area contributed by atoms with Gasteiger partial charge in [0.25, 0.3) is 0 Å². The predicted octanol–water partition coefficient (Wildman–Crippen LogP) is 0.729. The van der Waals surface area contributed by atoms with Crippen molar-refractivity contribution in [3.05, 3.63) is 0 Å². The van der Waals surface area contributed by atoms with E-state index in [2.05, 4.69) is 24.1 Å². The highest BCUT2D eigenvalue weighted by Gasteiger charge is 2.20. The van der Waals surface area contributed by atoms with E-state index < -0.39 is 0 Å². The van der Waals surface area contributed by atoms with Gasteiger partial charge >= 0.3 is 0 Å². The second-order valence-electron chi connectivity index (χ2n) is 5.78. The molecule has 0 aromatic heterocycles. The van der Waals surface area contributed by atoms with Crippen LogP contribution in [0.25, 0.3) is 0 Å². The Morgan fingerprint density at radius 2 is 2.00 bits per heavy atom. The van der Waals surface area contributed by atoms with Crippen LogP contribution >= 0.6 is 0 Å². The SMILES string of the molecule is CC(N)CC(=O)NC1CCN(CCOC(C)C)CC1. The highest BCUT2D eigenvalue weighted by atomic mass is 16.5. The summed E-state index contributed by atoms with van der Waals surface area (Å²) in [6.07, 6.45) is 2.76. The Kier molecular flexibility index (Phi) is 7.34. The Labute approximate surface area is 116 Å². The van der Waals surface area contributed by atoms with Crippen molar-refractivity contribution in [1.82, 2.24) is 10.2 Å². The van der Waals surface area contributed by atoms with E-state index >= 15 is 0 Å². The zero-order valence-electron chi connectivity index (χ0n) is 12.5. The minimum Gasteiger partial charge on any atom is -0.377 e. The molecule has 0 spiro atoms. The van der Waals surface area contributed by atoms with Crippen LogP contribution in [0.5, 0.6) is 0 Å². The number of likely N-dealkylation sites (tertiary alicyclic amines) is 1. The number of nitrogens with two attached hydrogens (primary N) is 1. The first-order valence-electron chi connectivity index (χ1n) is 7.36. The average Bonchev–Trinajstić information content (AvgIpc) is 2.29. The topological polar surface area (TPSA) is 67.6 Å². The number of carbonyl (C=O) groups excluding carboxylic acids is 1. The van der Waals surface area contributed by atoms with Gasteiger partial charge in [-0.05, 0) is 33.6 Å². The van der Waals surface area contributed by atoms with Gasteiger partial charge < -0.3 is 20.7 Å². The highest BCUT2D eigenvalue weighted by molar-refractivity contribution is 5.76. The zero-order chi connectivity index (χ0) is 14.3. The summed E-state index contributed by atoms with van der Waals surface area (Å²) in [4.78, 5) is 14.0. The number of ether oxygens (including phenoxy) is 1. The number of carbonyl (C=O) groups is 1. The van der Waals surface area contributed by atoms with Crippen molar-refractivity contribution >= 4 is 5.91 Å². The number of hydrogen-bond donors (Lipinski definition) is 2. The van der Waals surface area contributed by atoms with Gasteiger partial charge in [0.1, 0.15) is 0 Å². The molecular weight excluding hydrogens is 242 g/mol. The largest absolute Gasteiger partial charge is 0.377 e. The number of amides is 1. The van der Waals surface area contributed by atoms with Gasteiger partial charge in [-0.1, -0.05) is 0 Å². The highest BCUT2D eigenvalue weighted by Crippen LogP contribution is 2.10. The van der Waals surface area contributed by atoms with Crippen LogP contribution in [-0.4, -0.2) is 55.2 Å². The Morgan fingerprint density at radius 1 is 1.37 bits per heavy atom. The second kappa shape index (κ2) is 8.51. The second-order valence-corrected chi connectivity index (χ2v) is 5.78. The van der Waals surface area contributed by atoms with E-state index in [0.717, 1.165) is 39.1 Å². The smallest absolute Gasteiger partial charge is 0.221 e. The first-order chi connectivity index (χ1) is 8.97. The lowest BCUT2D eigenvalue weighted by atomic mass is 10.0. The fourth-order valence-corrected chi connectivity index (χ4v) is 2.30. The van der Waals surface area contributed by atoms with Gasteiger partial charge in [-0.25, -0.2) is 0 Å². The molecule has 1 unspecified atom stereocenters. The van der Waals surface area contributed by atoms with Crippen molar-refractivity contribution in [2.45, 2.75) is 58.2 Å². The Bertz CT molecular complexity index is 261. The molecule has 5 nitrogen and oxygen atoms in total. The van der Waals surface area contributed by atoms with Gasteiger partial charge in [0, 0.05) is 38.1 Å².